The van der Waals surface area contributed by atoms with Crippen molar-refractivity contribution in [3.63, 3.8) is 0 Å². The summed E-state index contributed by atoms with van der Waals surface area (Å²) in [7, 11) is 0. The molecule has 0 aliphatic carbocycles. The number of rotatable bonds is 6. The molecule has 1 aliphatic heterocycles. The highest BCUT2D eigenvalue weighted by molar-refractivity contribution is 5.68. The zero-order valence-electron chi connectivity index (χ0n) is 13.5. The molecular formula is C16H17N5O4. The number of oxazole rings is 1. The summed E-state index contributed by atoms with van der Waals surface area (Å²) in [6, 6.07) is 8.09. The first-order valence-electron chi connectivity index (χ1n) is 7.87. The van der Waals surface area contributed by atoms with E-state index >= 15 is 0 Å². The molecule has 0 spiro atoms. The summed E-state index contributed by atoms with van der Waals surface area (Å²) in [5.41, 5.74) is 0.202. The van der Waals surface area contributed by atoms with Crippen LogP contribution in [-0.4, -0.2) is 54.2 Å². The zero-order valence-corrected chi connectivity index (χ0v) is 13.5. The molecule has 1 saturated heterocycles. The van der Waals surface area contributed by atoms with Crippen LogP contribution in [0.5, 0.6) is 0 Å². The van der Waals surface area contributed by atoms with Crippen molar-refractivity contribution in [2.24, 2.45) is 0 Å². The van der Waals surface area contributed by atoms with E-state index in [0.29, 0.717) is 19.8 Å². The van der Waals surface area contributed by atoms with Crippen molar-refractivity contribution in [3.8, 4) is 17.5 Å². The molecule has 130 valence electrons. The van der Waals surface area contributed by atoms with E-state index in [9.17, 15) is 15.4 Å². The predicted molar refractivity (Wildman–Crippen MR) is 89.1 cm³/mol. The van der Waals surface area contributed by atoms with Crippen LogP contribution < -0.4 is 5.32 Å². The third-order valence-electron chi connectivity index (χ3n) is 3.88. The number of nitrogens with one attached hydrogen (secondary N) is 1. The maximum atomic E-state index is 11.1. The molecule has 2 heterocycles. The average Bonchev–Trinajstić information content (AvgIpc) is 3.05. The Morgan fingerprint density at radius 2 is 2.12 bits per heavy atom. The van der Waals surface area contributed by atoms with Gasteiger partial charge in [-0.05, 0) is 6.07 Å². The van der Waals surface area contributed by atoms with Crippen LogP contribution in [0.4, 0.5) is 11.6 Å². The first-order chi connectivity index (χ1) is 12.2. The average molecular weight is 343 g/mol. The molecule has 1 aromatic carbocycles. The normalized spacial score (nSPS) is 14.8. The Labute approximate surface area is 144 Å². The lowest BCUT2D eigenvalue weighted by atomic mass is 10.2. The number of anilines is 1. The van der Waals surface area contributed by atoms with Gasteiger partial charge in [-0.2, -0.15) is 10.2 Å². The molecule has 0 radical (unpaired) electrons. The first kappa shape index (κ1) is 16.9. The lowest BCUT2D eigenvalue weighted by Crippen LogP contribution is -2.39. The maximum absolute atomic E-state index is 11.1. The molecule has 0 saturated carbocycles. The van der Waals surface area contributed by atoms with Gasteiger partial charge in [0.05, 0.1) is 18.1 Å². The smallest absolute Gasteiger partial charge is 0.282 e. The molecule has 0 bridgehead atoms. The summed E-state index contributed by atoms with van der Waals surface area (Å²) in [5, 5.41) is 23.4. The maximum Gasteiger partial charge on any atom is 0.282 e. The molecule has 0 unspecified atom stereocenters. The Morgan fingerprint density at radius 3 is 2.84 bits per heavy atom. The van der Waals surface area contributed by atoms with Crippen LogP contribution in [0.3, 0.4) is 0 Å². The van der Waals surface area contributed by atoms with Crippen molar-refractivity contribution in [2.45, 2.75) is 0 Å². The van der Waals surface area contributed by atoms with Gasteiger partial charge < -0.3 is 14.5 Å². The molecular weight excluding hydrogens is 326 g/mol. The highest BCUT2D eigenvalue weighted by Gasteiger charge is 2.21. The number of benzene rings is 1. The fourth-order valence-electron chi connectivity index (χ4n) is 2.60. The van der Waals surface area contributed by atoms with Gasteiger partial charge in [0.2, 0.25) is 17.5 Å². The van der Waals surface area contributed by atoms with E-state index in [-0.39, 0.29) is 28.7 Å². The van der Waals surface area contributed by atoms with Crippen molar-refractivity contribution in [3.05, 3.63) is 40.1 Å². The number of nitro benzene ring substituents is 1. The lowest BCUT2D eigenvalue weighted by molar-refractivity contribution is -0.384. The van der Waals surface area contributed by atoms with Gasteiger partial charge in [0.1, 0.15) is 11.6 Å². The summed E-state index contributed by atoms with van der Waals surface area (Å²) >= 11 is 0. The Kier molecular flexibility index (Phi) is 5.23. The van der Waals surface area contributed by atoms with Crippen LogP contribution in [0.25, 0.3) is 11.5 Å². The number of nitrogens with zero attached hydrogens (tertiary/aromatic N) is 4. The molecule has 25 heavy (non-hydrogen) atoms. The Balaban J connectivity index is 1.74. The summed E-state index contributed by atoms with van der Waals surface area (Å²) < 4.78 is 10.9. The number of hydrogen-bond acceptors (Lipinski definition) is 8. The minimum Gasteiger partial charge on any atom is -0.419 e. The zero-order chi connectivity index (χ0) is 17.6. The standard InChI is InChI=1S/C16H17N5O4/c17-11-13-16(18-5-6-20-7-9-24-10-8-20)25-15(19-13)12-3-1-2-4-14(12)21(22)23/h1-4,18H,5-10H2. The topological polar surface area (TPSA) is 117 Å². The van der Waals surface area contributed by atoms with Gasteiger partial charge in [0, 0.05) is 32.2 Å². The first-order valence-corrected chi connectivity index (χ1v) is 7.87. The quantitative estimate of drug-likeness (QED) is 0.624. The molecule has 1 aromatic heterocycles. The van der Waals surface area contributed by atoms with E-state index in [1.54, 1.807) is 18.2 Å². The van der Waals surface area contributed by atoms with E-state index in [1.807, 2.05) is 6.07 Å². The minimum atomic E-state index is -0.503. The van der Waals surface area contributed by atoms with Crippen LogP contribution >= 0.6 is 0 Å². The Hall–Kier alpha value is -2.96. The molecule has 0 atom stereocenters. The van der Waals surface area contributed by atoms with Gasteiger partial charge in [-0.25, -0.2) is 0 Å². The number of morpholine rings is 1. The number of para-hydroxylation sites is 1. The van der Waals surface area contributed by atoms with E-state index < -0.39 is 4.92 Å². The van der Waals surface area contributed by atoms with E-state index in [1.165, 1.54) is 6.07 Å². The Bertz CT molecular complexity index is 792. The molecule has 1 aliphatic rings. The molecule has 1 N–H and O–H groups in total. The van der Waals surface area contributed by atoms with Crippen LogP contribution in [-0.2, 0) is 4.74 Å². The van der Waals surface area contributed by atoms with Gasteiger partial charge in [0.15, 0.2) is 0 Å². The molecule has 1 fully saturated rings. The van der Waals surface area contributed by atoms with Crippen LogP contribution in [0.1, 0.15) is 5.69 Å². The fourth-order valence-corrected chi connectivity index (χ4v) is 2.60. The molecule has 0 amide bonds. The van der Waals surface area contributed by atoms with Crippen molar-refractivity contribution in [2.75, 3.05) is 44.7 Å². The van der Waals surface area contributed by atoms with Crippen molar-refractivity contribution < 1.29 is 14.1 Å². The third-order valence-corrected chi connectivity index (χ3v) is 3.88. The van der Waals surface area contributed by atoms with Gasteiger partial charge in [-0.15, -0.1) is 0 Å². The number of nitriles is 1. The van der Waals surface area contributed by atoms with Gasteiger partial charge in [-0.1, -0.05) is 12.1 Å². The number of hydrogen-bond donors (Lipinski definition) is 1. The summed E-state index contributed by atoms with van der Waals surface area (Å²) in [6.07, 6.45) is 0. The van der Waals surface area contributed by atoms with E-state index in [4.69, 9.17) is 9.15 Å². The highest BCUT2D eigenvalue weighted by atomic mass is 16.6. The van der Waals surface area contributed by atoms with Crippen LogP contribution in [0.2, 0.25) is 0 Å². The third kappa shape index (κ3) is 3.93. The Morgan fingerprint density at radius 1 is 1.36 bits per heavy atom. The van der Waals surface area contributed by atoms with E-state index in [0.717, 1.165) is 19.6 Å². The monoisotopic (exact) mass is 343 g/mol. The van der Waals surface area contributed by atoms with Gasteiger partial charge in [0.25, 0.3) is 5.69 Å². The summed E-state index contributed by atoms with van der Waals surface area (Å²) in [4.78, 5) is 17.0. The van der Waals surface area contributed by atoms with Crippen molar-refractivity contribution in [1.82, 2.24) is 9.88 Å². The summed E-state index contributed by atoms with van der Waals surface area (Å²) in [5.74, 6) is 0.279. The van der Waals surface area contributed by atoms with Crippen LogP contribution in [0.15, 0.2) is 28.7 Å². The molecule has 9 heteroatoms. The second-order valence-electron chi connectivity index (χ2n) is 5.46. The number of nitro groups is 1. The van der Waals surface area contributed by atoms with Crippen molar-refractivity contribution in [1.29, 1.82) is 5.26 Å². The second kappa shape index (κ2) is 7.74. The highest BCUT2D eigenvalue weighted by Crippen LogP contribution is 2.31. The fraction of sp³-hybridized carbons (Fsp3) is 0.375. The molecule has 3 rings (SSSR count). The second-order valence-corrected chi connectivity index (χ2v) is 5.46. The van der Waals surface area contributed by atoms with Crippen LogP contribution in [0, 0.1) is 21.4 Å². The lowest BCUT2D eigenvalue weighted by Gasteiger charge is -2.26. The molecule has 9 nitrogen and oxygen atoms in total. The molecule has 2 aromatic rings. The minimum absolute atomic E-state index is 0.0534. The van der Waals surface area contributed by atoms with Crippen molar-refractivity contribution >= 4 is 11.6 Å². The van der Waals surface area contributed by atoms with Gasteiger partial charge in [-0.3, -0.25) is 15.0 Å². The van der Waals surface area contributed by atoms with E-state index in [2.05, 4.69) is 15.2 Å². The predicted octanol–water partition coefficient (Wildman–Crippen LogP) is 1.87. The SMILES string of the molecule is N#Cc1nc(-c2ccccc2[N+](=O)[O-])oc1NCCN1CCOCC1. The number of ether oxygens (including phenoxy) is 1. The van der Waals surface area contributed by atoms with Gasteiger partial charge >= 0.3 is 0 Å². The largest absolute Gasteiger partial charge is 0.419 e. The summed E-state index contributed by atoms with van der Waals surface area (Å²) in [6.45, 7) is 4.51. The number of aromatic nitrogens is 1.